The average molecular weight is 361 g/mol. The van der Waals surface area contributed by atoms with Crippen LogP contribution < -0.4 is 11.5 Å². The van der Waals surface area contributed by atoms with E-state index in [0.717, 1.165) is 4.90 Å². The quantitative estimate of drug-likeness (QED) is 0.318. The maximum Gasteiger partial charge on any atom is 0.335 e. The first-order chi connectivity index (χ1) is 12.3. The summed E-state index contributed by atoms with van der Waals surface area (Å²) in [5, 5.41) is 17.3. The molecular weight excluding hydrogens is 342 g/mol. The molecule has 0 spiro atoms. The number of benzene rings is 1. The Labute approximate surface area is 148 Å². The van der Waals surface area contributed by atoms with Crippen molar-refractivity contribution in [1.29, 1.82) is 0 Å². The number of nitrogens with zero attached hydrogens (tertiary/aromatic N) is 1. The maximum atomic E-state index is 11.9. The second-order valence-electron chi connectivity index (χ2n) is 6.25. The number of ether oxygens (including phenoxy) is 1. The number of nitrogen functional groups attached to an aromatic ring is 2. The normalized spacial score (nSPS) is 28.1. The summed E-state index contributed by atoms with van der Waals surface area (Å²) in [6.45, 7) is -0.0787. The molecule has 4 atom stereocenters. The van der Waals surface area contributed by atoms with Crippen LogP contribution in [0.4, 0.5) is 11.4 Å². The predicted molar refractivity (Wildman–Crippen MR) is 90.8 cm³/mol. The van der Waals surface area contributed by atoms with E-state index in [4.69, 9.17) is 26.4 Å². The van der Waals surface area contributed by atoms with Gasteiger partial charge in [0.1, 0.15) is 0 Å². The van der Waals surface area contributed by atoms with E-state index in [-0.39, 0.29) is 54.6 Å². The molecule has 4 unspecified atom stereocenters. The number of carboxylic acids is 1. The van der Waals surface area contributed by atoms with Gasteiger partial charge < -0.3 is 26.4 Å². The zero-order chi connectivity index (χ0) is 19.0. The highest BCUT2D eigenvalue weighted by molar-refractivity contribution is 6.06. The van der Waals surface area contributed by atoms with E-state index in [2.05, 4.69) is 0 Å². The third kappa shape index (κ3) is 3.02. The van der Waals surface area contributed by atoms with Crippen LogP contribution in [0, 0.1) is 11.8 Å². The van der Waals surface area contributed by atoms with Gasteiger partial charge in [-0.1, -0.05) is 12.2 Å². The molecule has 2 amide bonds. The number of carbonyl (C=O) groups is 3. The molecule has 1 aromatic rings. The van der Waals surface area contributed by atoms with Crippen LogP contribution in [0.2, 0.25) is 0 Å². The van der Waals surface area contributed by atoms with Crippen LogP contribution in [0.1, 0.15) is 10.4 Å². The minimum atomic E-state index is -1.02. The van der Waals surface area contributed by atoms with Crippen LogP contribution in [0.25, 0.3) is 0 Å². The second kappa shape index (κ2) is 6.77. The molecule has 4 rings (SSSR count). The number of amides is 2. The van der Waals surface area contributed by atoms with Crippen LogP contribution in [-0.2, 0) is 14.3 Å². The van der Waals surface area contributed by atoms with Crippen molar-refractivity contribution < 1.29 is 29.3 Å². The van der Waals surface area contributed by atoms with E-state index in [1.165, 1.54) is 18.2 Å². The maximum absolute atomic E-state index is 11.9. The highest BCUT2D eigenvalue weighted by Gasteiger charge is 2.60. The molecule has 0 saturated carbocycles. The summed E-state index contributed by atoms with van der Waals surface area (Å²) >= 11 is 0. The number of fused-ring (bicyclic) bond motifs is 5. The fourth-order valence-corrected chi connectivity index (χ4v) is 3.49. The number of carboxylic acid groups (broad SMARTS) is 1. The SMILES string of the molecule is Nc1cc(N)cc(C(=O)O)c1.O=C1C2C3C=CC(O3)C2C(=O)N1CCO. The van der Waals surface area contributed by atoms with Crippen molar-refractivity contribution in [1.82, 2.24) is 4.90 Å². The van der Waals surface area contributed by atoms with E-state index >= 15 is 0 Å². The van der Waals surface area contributed by atoms with Crippen molar-refractivity contribution in [3.8, 4) is 0 Å². The molecule has 3 aliphatic rings. The van der Waals surface area contributed by atoms with Crippen molar-refractivity contribution in [2.75, 3.05) is 24.6 Å². The van der Waals surface area contributed by atoms with Crippen molar-refractivity contribution in [2.24, 2.45) is 11.8 Å². The number of hydrogen-bond acceptors (Lipinski definition) is 7. The molecule has 9 nitrogen and oxygen atoms in total. The predicted octanol–water partition coefficient (Wildman–Crippen LogP) is -0.534. The lowest BCUT2D eigenvalue weighted by Gasteiger charge is -2.15. The van der Waals surface area contributed by atoms with Gasteiger partial charge in [-0.05, 0) is 18.2 Å². The van der Waals surface area contributed by atoms with Gasteiger partial charge >= 0.3 is 5.97 Å². The smallest absolute Gasteiger partial charge is 0.335 e. The lowest BCUT2D eigenvalue weighted by atomic mass is 9.85. The summed E-state index contributed by atoms with van der Waals surface area (Å²) in [6, 6.07) is 4.23. The first-order valence-corrected chi connectivity index (χ1v) is 8.02. The van der Waals surface area contributed by atoms with Gasteiger partial charge in [0.05, 0.1) is 42.8 Å². The molecule has 2 bridgehead atoms. The highest BCUT2D eigenvalue weighted by atomic mass is 16.5. The number of nitrogens with two attached hydrogens (primary N) is 2. The van der Waals surface area contributed by atoms with Crippen molar-refractivity contribution in [3.63, 3.8) is 0 Å². The van der Waals surface area contributed by atoms with Gasteiger partial charge in [0, 0.05) is 11.4 Å². The number of carbonyl (C=O) groups excluding carboxylic acids is 2. The molecule has 0 aromatic heterocycles. The summed E-state index contributed by atoms with van der Waals surface area (Å²) < 4.78 is 5.46. The van der Waals surface area contributed by atoms with Gasteiger partial charge in [0.15, 0.2) is 0 Å². The molecule has 26 heavy (non-hydrogen) atoms. The molecule has 9 heteroatoms. The van der Waals surface area contributed by atoms with Gasteiger partial charge in [-0.25, -0.2) is 4.79 Å². The summed E-state index contributed by atoms with van der Waals surface area (Å²) in [5.41, 5.74) is 11.5. The third-order valence-corrected chi connectivity index (χ3v) is 4.55. The molecule has 2 saturated heterocycles. The topological polar surface area (TPSA) is 156 Å². The average Bonchev–Trinajstić information content (AvgIpc) is 3.24. The Hall–Kier alpha value is -2.91. The first kappa shape index (κ1) is 17.9. The Morgan fingerprint density at radius 1 is 1.04 bits per heavy atom. The van der Waals surface area contributed by atoms with Crippen molar-refractivity contribution >= 4 is 29.2 Å². The van der Waals surface area contributed by atoms with Gasteiger partial charge in [-0.2, -0.15) is 0 Å². The van der Waals surface area contributed by atoms with E-state index < -0.39 is 5.97 Å². The van der Waals surface area contributed by atoms with Crippen molar-refractivity contribution in [2.45, 2.75) is 12.2 Å². The van der Waals surface area contributed by atoms with Crippen LogP contribution in [0.3, 0.4) is 0 Å². The fourth-order valence-electron chi connectivity index (χ4n) is 3.49. The van der Waals surface area contributed by atoms with Gasteiger partial charge in [-0.15, -0.1) is 0 Å². The molecule has 2 fully saturated rings. The molecule has 3 heterocycles. The number of likely N-dealkylation sites (tertiary alicyclic amines) is 1. The minimum Gasteiger partial charge on any atom is -0.478 e. The monoisotopic (exact) mass is 361 g/mol. The lowest BCUT2D eigenvalue weighted by Crippen LogP contribution is -2.36. The Kier molecular flexibility index (Phi) is 4.66. The molecule has 0 radical (unpaired) electrons. The van der Waals surface area contributed by atoms with Gasteiger partial charge in [0.25, 0.3) is 0 Å². The summed E-state index contributed by atoms with van der Waals surface area (Å²) in [6.07, 6.45) is 3.22. The number of aliphatic hydroxyl groups is 1. The first-order valence-electron chi connectivity index (χ1n) is 8.02. The van der Waals surface area contributed by atoms with Gasteiger partial charge in [0.2, 0.25) is 11.8 Å². The van der Waals surface area contributed by atoms with Crippen molar-refractivity contribution in [3.05, 3.63) is 35.9 Å². The number of imide groups is 1. The van der Waals surface area contributed by atoms with Crippen LogP contribution in [0.5, 0.6) is 0 Å². The number of aliphatic hydroxyl groups excluding tert-OH is 1. The Morgan fingerprint density at radius 3 is 1.96 bits per heavy atom. The largest absolute Gasteiger partial charge is 0.478 e. The molecule has 1 aromatic carbocycles. The lowest BCUT2D eigenvalue weighted by molar-refractivity contribution is -0.142. The number of rotatable bonds is 3. The zero-order valence-electron chi connectivity index (χ0n) is 13.7. The fraction of sp³-hybridized carbons (Fsp3) is 0.353. The van der Waals surface area contributed by atoms with E-state index in [0.29, 0.717) is 11.4 Å². The van der Waals surface area contributed by atoms with E-state index in [9.17, 15) is 14.4 Å². The third-order valence-electron chi connectivity index (χ3n) is 4.55. The Bertz CT molecular complexity index is 742. The molecule has 3 aliphatic heterocycles. The Balaban J connectivity index is 0.000000160. The highest BCUT2D eigenvalue weighted by Crippen LogP contribution is 2.44. The zero-order valence-corrected chi connectivity index (χ0v) is 13.7. The van der Waals surface area contributed by atoms with Crippen LogP contribution in [0.15, 0.2) is 30.4 Å². The van der Waals surface area contributed by atoms with Crippen LogP contribution >= 0.6 is 0 Å². The van der Waals surface area contributed by atoms with Gasteiger partial charge in [-0.3, -0.25) is 14.5 Å². The standard InChI is InChI=1S/C10H11NO4.C7H8N2O2/c12-4-3-11-9(13)7-5-1-2-6(15-5)8(7)10(11)14;8-5-1-4(7(10)11)2-6(9)3-5/h1-2,5-8,12H,3-4H2;1-3H,8-9H2,(H,10,11). The number of aromatic carboxylic acids is 1. The number of anilines is 2. The molecule has 0 aliphatic carbocycles. The molecule has 6 N–H and O–H groups in total. The van der Waals surface area contributed by atoms with Crippen LogP contribution in [-0.4, -0.2) is 58.3 Å². The molecular formula is C17H19N3O6. The minimum absolute atomic E-state index is 0.101. The summed E-state index contributed by atoms with van der Waals surface area (Å²) in [7, 11) is 0. The number of hydrogen-bond donors (Lipinski definition) is 4. The second-order valence-corrected chi connectivity index (χ2v) is 6.25. The molecule has 138 valence electrons. The van der Waals surface area contributed by atoms with E-state index in [1.54, 1.807) is 0 Å². The number of β-amino-alcohol motifs (C(OH)–C–C–N with tert-alkyl or cyclic N) is 1. The summed E-state index contributed by atoms with van der Waals surface area (Å²) in [5.74, 6) is -2.12. The Morgan fingerprint density at radius 2 is 1.54 bits per heavy atom. The van der Waals surface area contributed by atoms with E-state index in [1.807, 2.05) is 12.2 Å². The summed E-state index contributed by atoms with van der Waals surface area (Å²) in [4.78, 5) is 35.3.